The zero-order valence-corrected chi connectivity index (χ0v) is 16.7. The van der Waals surface area contributed by atoms with Crippen molar-refractivity contribution in [3.8, 4) is 0 Å². The molecule has 5 nitrogen and oxygen atoms in total. The maximum Gasteiger partial charge on any atom is 0.338 e. The number of ether oxygens (including phenoxy) is 2. The molecule has 5 unspecified atom stereocenters. The first-order valence-electron chi connectivity index (χ1n) is 9.81. The maximum absolute atomic E-state index is 13.2. The zero-order valence-electron chi connectivity index (χ0n) is 16.7. The van der Waals surface area contributed by atoms with Crippen LogP contribution < -0.4 is 0 Å². The Morgan fingerprint density at radius 1 is 1.07 bits per heavy atom. The van der Waals surface area contributed by atoms with Crippen molar-refractivity contribution in [1.82, 2.24) is 0 Å². The van der Waals surface area contributed by atoms with E-state index in [0.29, 0.717) is 5.56 Å². The number of carbonyl (C=O) groups excluding carboxylic acids is 3. The van der Waals surface area contributed by atoms with Gasteiger partial charge >= 0.3 is 11.9 Å². The van der Waals surface area contributed by atoms with Gasteiger partial charge in [0.15, 0.2) is 11.9 Å². The number of ketones is 1. The number of carbonyl (C=O) groups is 3. The molecule has 1 aromatic rings. The topological polar surface area (TPSA) is 69.7 Å². The normalized spacial score (nSPS) is 37.4. The highest BCUT2D eigenvalue weighted by Gasteiger charge is 2.68. The van der Waals surface area contributed by atoms with Crippen LogP contribution in [0.15, 0.2) is 42.5 Å². The monoisotopic (exact) mass is 382 g/mol. The molecule has 2 saturated carbocycles. The van der Waals surface area contributed by atoms with Crippen LogP contribution in [0.5, 0.6) is 0 Å². The lowest BCUT2D eigenvalue weighted by atomic mass is 9.53. The molecule has 1 aromatic carbocycles. The molecule has 148 valence electrons. The fourth-order valence-corrected chi connectivity index (χ4v) is 5.66. The maximum atomic E-state index is 13.2. The fraction of sp³-hybridized carbons (Fsp3) is 0.522. The molecule has 0 aliphatic heterocycles. The molecule has 6 atom stereocenters. The average molecular weight is 382 g/mol. The molecule has 0 saturated heterocycles. The molecule has 4 aliphatic rings. The molecule has 5 rings (SSSR count). The van der Waals surface area contributed by atoms with Crippen LogP contribution in [-0.4, -0.2) is 29.9 Å². The lowest BCUT2D eigenvalue weighted by molar-refractivity contribution is -0.168. The predicted molar refractivity (Wildman–Crippen MR) is 102 cm³/mol. The quantitative estimate of drug-likeness (QED) is 0.590. The number of benzene rings is 1. The number of Topliss-reactive ketones (excluding diaryl/α,β-unsaturated/α-hetero) is 1. The second-order valence-corrected chi connectivity index (χ2v) is 9.22. The van der Waals surface area contributed by atoms with Crippen LogP contribution in [0.3, 0.4) is 0 Å². The number of esters is 2. The van der Waals surface area contributed by atoms with Crippen molar-refractivity contribution in [1.29, 1.82) is 0 Å². The Kier molecular flexibility index (Phi) is 4.25. The lowest BCUT2D eigenvalue weighted by Gasteiger charge is -2.52. The Balaban J connectivity index is 1.70. The third kappa shape index (κ3) is 2.71. The van der Waals surface area contributed by atoms with Crippen LogP contribution in [0.2, 0.25) is 0 Å². The molecule has 0 radical (unpaired) electrons. The number of hydrogen-bond donors (Lipinski definition) is 0. The summed E-state index contributed by atoms with van der Waals surface area (Å²) in [5.41, 5.74) is -0.524. The highest BCUT2D eigenvalue weighted by atomic mass is 16.6. The van der Waals surface area contributed by atoms with Crippen LogP contribution in [0.4, 0.5) is 0 Å². The SMILES string of the molecule is CC(=O)O[C@@H]1C2C(CC1(C)C)C1C=CC2(C)C(OC(=O)c2ccccc2)C1=O. The second kappa shape index (κ2) is 6.29. The van der Waals surface area contributed by atoms with Crippen molar-refractivity contribution in [2.24, 2.45) is 28.6 Å². The minimum Gasteiger partial charge on any atom is -0.462 e. The van der Waals surface area contributed by atoms with Crippen molar-refractivity contribution < 1.29 is 23.9 Å². The van der Waals surface area contributed by atoms with Crippen molar-refractivity contribution in [2.45, 2.75) is 46.3 Å². The Morgan fingerprint density at radius 3 is 2.39 bits per heavy atom. The Bertz CT molecular complexity index is 855. The van der Waals surface area contributed by atoms with Gasteiger partial charge < -0.3 is 9.47 Å². The summed E-state index contributed by atoms with van der Waals surface area (Å²) in [5.74, 6) is -1.15. The van der Waals surface area contributed by atoms with Gasteiger partial charge in [-0.15, -0.1) is 0 Å². The van der Waals surface area contributed by atoms with Crippen molar-refractivity contribution in [3.05, 3.63) is 48.0 Å². The van der Waals surface area contributed by atoms with E-state index in [4.69, 9.17) is 9.47 Å². The molecule has 0 spiro atoms. The molecule has 0 heterocycles. The first kappa shape index (κ1) is 18.9. The van der Waals surface area contributed by atoms with E-state index >= 15 is 0 Å². The van der Waals surface area contributed by atoms with E-state index in [2.05, 4.69) is 13.8 Å². The van der Waals surface area contributed by atoms with Gasteiger partial charge in [-0.1, -0.05) is 51.1 Å². The highest BCUT2D eigenvalue weighted by molar-refractivity contribution is 5.96. The molecule has 2 bridgehead atoms. The molecular formula is C23H26O5. The van der Waals surface area contributed by atoms with E-state index in [0.717, 1.165) is 6.42 Å². The van der Waals surface area contributed by atoms with Gasteiger partial charge in [0.25, 0.3) is 0 Å². The van der Waals surface area contributed by atoms with Crippen molar-refractivity contribution in [3.63, 3.8) is 0 Å². The Labute approximate surface area is 165 Å². The van der Waals surface area contributed by atoms with E-state index < -0.39 is 17.5 Å². The average Bonchev–Trinajstić information content (AvgIpc) is 2.90. The van der Waals surface area contributed by atoms with Crippen LogP contribution in [0.25, 0.3) is 0 Å². The number of fused-ring (bicyclic) bond motifs is 1. The summed E-state index contributed by atoms with van der Waals surface area (Å²) in [6.45, 7) is 7.53. The summed E-state index contributed by atoms with van der Waals surface area (Å²) in [4.78, 5) is 37.7. The van der Waals surface area contributed by atoms with E-state index in [-0.39, 0.29) is 41.0 Å². The fourth-order valence-electron chi connectivity index (χ4n) is 5.66. The minimum atomic E-state index is -0.872. The van der Waals surface area contributed by atoms with E-state index in [9.17, 15) is 14.4 Å². The lowest BCUT2D eigenvalue weighted by Crippen LogP contribution is -2.60. The standard InChI is InChI=1S/C23H26O5/c1-13(24)27-19-17-16(12-22(19,2)3)15-10-11-23(17,4)20(18(15)25)28-21(26)14-8-6-5-7-9-14/h5-11,15-17,19-20H,12H2,1-4H3/t15?,16?,17?,19-,20?,23?/m1/s1. The molecule has 28 heavy (non-hydrogen) atoms. The molecule has 0 amide bonds. The van der Waals surface area contributed by atoms with Gasteiger partial charge in [-0.05, 0) is 24.5 Å². The van der Waals surface area contributed by atoms with E-state index in [1.807, 2.05) is 25.1 Å². The van der Waals surface area contributed by atoms with Crippen LogP contribution in [-0.2, 0) is 19.1 Å². The summed E-state index contributed by atoms with van der Waals surface area (Å²) in [7, 11) is 0. The van der Waals surface area contributed by atoms with E-state index in [1.165, 1.54) is 6.92 Å². The molecule has 5 heteroatoms. The van der Waals surface area contributed by atoms with Crippen molar-refractivity contribution in [2.75, 3.05) is 0 Å². The summed E-state index contributed by atoms with van der Waals surface area (Å²) in [5, 5.41) is 0. The molecule has 0 aromatic heterocycles. The second-order valence-electron chi connectivity index (χ2n) is 9.22. The Morgan fingerprint density at radius 2 is 1.75 bits per heavy atom. The van der Waals surface area contributed by atoms with Crippen LogP contribution >= 0.6 is 0 Å². The molecule has 0 N–H and O–H groups in total. The summed E-state index contributed by atoms with van der Waals surface area (Å²) >= 11 is 0. The largest absolute Gasteiger partial charge is 0.462 e. The Hall–Kier alpha value is -2.43. The van der Waals surface area contributed by atoms with Crippen molar-refractivity contribution >= 4 is 17.7 Å². The number of hydrogen-bond acceptors (Lipinski definition) is 5. The highest BCUT2D eigenvalue weighted by Crippen LogP contribution is 2.63. The zero-order chi connectivity index (χ0) is 20.3. The van der Waals surface area contributed by atoms with Gasteiger partial charge in [-0.3, -0.25) is 9.59 Å². The van der Waals surface area contributed by atoms with Gasteiger partial charge in [0.2, 0.25) is 0 Å². The summed E-state index contributed by atoms with van der Waals surface area (Å²) in [6, 6.07) is 8.70. The van der Waals surface area contributed by atoms with Crippen LogP contribution in [0.1, 0.15) is 44.5 Å². The molecule has 4 aliphatic carbocycles. The number of rotatable bonds is 3. The van der Waals surface area contributed by atoms with Gasteiger partial charge in [0, 0.05) is 29.6 Å². The van der Waals surface area contributed by atoms with Gasteiger partial charge in [-0.2, -0.15) is 0 Å². The van der Waals surface area contributed by atoms with E-state index in [1.54, 1.807) is 24.3 Å². The van der Waals surface area contributed by atoms with Gasteiger partial charge in [0.05, 0.1) is 5.56 Å². The summed E-state index contributed by atoms with van der Waals surface area (Å²) < 4.78 is 11.5. The molecule has 2 fully saturated rings. The summed E-state index contributed by atoms with van der Waals surface area (Å²) in [6.07, 6.45) is 3.57. The third-order valence-corrected chi connectivity index (χ3v) is 6.84. The third-order valence-electron chi connectivity index (χ3n) is 6.84. The first-order valence-corrected chi connectivity index (χ1v) is 9.81. The molecular weight excluding hydrogens is 356 g/mol. The number of allylic oxidation sites excluding steroid dienone is 1. The van der Waals surface area contributed by atoms with Gasteiger partial charge in [-0.25, -0.2) is 4.79 Å². The predicted octanol–water partition coefficient (Wildman–Crippen LogP) is 3.58. The minimum absolute atomic E-state index is 0.0465. The first-order chi connectivity index (χ1) is 13.1. The van der Waals surface area contributed by atoms with Gasteiger partial charge in [0.1, 0.15) is 6.10 Å². The van der Waals surface area contributed by atoms with Crippen LogP contribution in [0, 0.1) is 28.6 Å². The smallest absolute Gasteiger partial charge is 0.338 e.